The fourth-order valence-electron chi connectivity index (χ4n) is 2.02. The molecule has 112 valence electrons. The molecule has 0 heterocycles. The van der Waals surface area contributed by atoms with Gasteiger partial charge in [-0.3, -0.25) is 0 Å². The first-order valence-corrected chi connectivity index (χ1v) is 8.96. The summed E-state index contributed by atoms with van der Waals surface area (Å²) in [5, 5.41) is 0. The first-order chi connectivity index (χ1) is 10.1. The van der Waals surface area contributed by atoms with E-state index in [2.05, 4.69) is 59.9 Å². The van der Waals surface area contributed by atoms with Crippen LogP contribution in [-0.2, 0) is 0 Å². The summed E-state index contributed by atoms with van der Waals surface area (Å²) < 4.78 is 13.0. The normalized spacial score (nSPS) is 12.0. The zero-order valence-corrected chi connectivity index (χ0v) is 16.5. The Morgan fingerprint density at radius 1 is 1.05 bits per heavy atom. The fraction of sp³-hybridized carbons (Fsp3) is 0.250. The van der Waals surface area contributed by atoms with Crippen molar-refractivity contribution in [3.63, 3.8) is 0 Å². The molecule has 0 spiro atoms. The van der Waals surface area contributed by atoms with Crippen molar-refractivity contribution in [2.24, 2.45) is 0 Å². The van der Waals surface area contributed by atoms with Crippen molar-refractivity contribution in [1.82, 2.24) is 0 Å². The molecule has 5 heteroatoms. The molecule has 1 atom stereocenters. The van der Waals surface area contributed by atoms with Crippen molar-refractivity contribution in [3.05, 3.63) is 56.5 Å². The molecule has 0 aliphatic carbocycles. The van der Waals surface area contributed by atoms with E-state index in [1.54, 1.807) is 7.11 Å². The highest BCUT2D eigenvalue weighted by Crippen LogP contribution is 2.40. The summed E-state index contributed by atoms with van der Waals surface area (Å²) in [6.07, 6.45) is 0. The molecule has 2 aromatic carbocycles. The number of ether oxygens (including phenoxy) is 2. The highest BCUT2D eigenvalue weighted by Gasteiger charge is 2.17. The predicted molar refractivity (Wildman–Crippen MR) is 96.8 cm³/mol. The molecule has 21 heavy (non-hydrogen) atoms. The smallest absolute Gasteiger partial charge is 0.133 e. The van der Waals surface area contributed by atoms with E-state index < -0.39 is 0 Å². The molecule has 0 aliphatic rings. The van der Waals surface area contributed by atoms with Gasteiger partial charge in [0, 0.05) is 10.0 Å². The lowest BCUT2D eigenvalue weighted by atomic mass is 10.0. The topological polar surface area (TPSA) is 18.5 Å². The maximum Gasteiger partial charge on any atom is 0.133 e. The summed E-state index contributed by atoms with van der Waals surface area (Å²) >= 11 is 10.8. The van der Waals surface area contributed by atoms with E-state index in [4.69, 9.17) is 9.47 Å². The summed E-state index contributed by atoms with van der Waals surface area (Å²) in [6, 6.07) is 12.1. The number of methoxy groups -OCH3 is 1. The Morgan fingerprint density at radius 3 is 2.43 bits per heavy atom. The maximum atomic E-state index is 5.54. The molecule has 0 aliphatic heterocycles. The second-order valence-electron chi connectivity index (χ2n) is 4.37. The molecule has 0 saturated carbocycles. The zero-order chi connectivity index (χ0) is 15.4. The molecule has 0 bridgehead atoms. The average Bonchev–Trinajstić information content (AvgIpc) is 2.48. The number of hydrogen-bond donors (Lipinski definition) is 0. The van der Waals surface area contributed by atoms with Crippen LogP contribution >= 0.6 is 47.8 Å². The van der Waals surface area contributed by atoms with Gasteiger partial charge >= 0.3 is 0 Å². The number of halogens is 3. The molecule has 2 nitrogen and oxygen atoms in total. The lowest BCUT2D eigenvalue weighted by Gasteiger charge is -2.16. The minimum absolute atomic E-state index is 0.0486. The second-order valence-corrected chi connectivity index (χ2v) is 7.06. The Bertz CT molecular complexity index is 629. The van der Waals surface area contributed by atoms with Crippen LogP contribution in [0.3, 0.4) is 0 Å². The molecule has 0 radical (unpaired) electrons. The third-order valence-corrected chi connectivity index (χ3v) is 5.15. The SMILES string of the molecule is CCOc1ccc(C(Br)c2ccc(Br)cc2OC)cc1Br. The third kappa shape index (κ3) is 4.02. The van der Waals surface area contributed by atoms with Gasteiger partial charge in [0.15, 0.2) is 0 Å². The predicted octanol–water partition coefficient (Wildman–Crippen LogP) is 6.10. The van der Waals surface area contributed by atoms with Crippen LogP contribution in [0, 0.1) is 0 Å². The molecule has 0 aromatic heterocycles. The van der Waals surface area contributed by atoms with Crippen LogP contribution in [0.4, 0.5) is 0 Å². The van der Waals surface area contributed by atoms with E-state index in [1.165, 1.54) is 0 Å². The van der Waals surface area contributed by atoms with E-state index in [-0.39, 0.29) is 4.83 Å². The van der Waals surface area contributed by atoms with Gasteiger partial charge in [0.1, 0.15) is 11.5 Å². The van der Waals surface area contributed by atoms with Crippen LogP contribution in [0.5, 0.6) is 11.5 Å². The molecule has 1 unspecified atom stereocenters. The quantitative estimate of drug-likeness (QED) is 0.483. The van der Waals surface area contributed by atoms with Gasteiger partial charge in [-0.15, -0.1) is 0 Å². The standard InChI is InChI=1S/C16H15Br3O2/c1-3-21-14-7-4-10(8-13(14)18)16(19)12-6-5-11(17)9-15(12)20-2/h4-9,16H,3H2,1-2H3. The highest BCUT2D eigenvalue weighted by atomic mass is 79.9. The largest absolute Gasteiger partial charge is 0.496 e. The second kappa shape index (κ2) is 7.65. The van der Waals surface area contributed by atoms with Crippen molar-refractivity contribution < 1.29 is 9.47 Å². The minimum atomic E-state index is 0.0486. The Morgan fingerprint density at radius 2 is 1.81 bits per heavy atom. The molecule has 0 saturated heterocycles. The van der Waals surface area contributed by atoms with E-state index in [1.807, 2.05) is 31.2 Å². The monoisotopic (exact) mass is 476 g/mol. The van der Waals surface area contributed by atoms with Crippen LogP contribution in [0.15, 0.2) is 45.3 Å². The molecule has 2 rings (SSSR count). The van der Waals surface area contributed by atoms with Gasteiger partial charge in [-0.05, 0) is 52.7 Å². The fourth-order valence-corrected chi connectivity index (χ4v) is 3.54. The van der Waals surface area contributed by atoms with Crippen molar-refractivity contribution in [2.45, 2.75) is 11.8 Å². The first-order valence-electron chi connectivity index (χ1n) is 6.46. The number of alkyl halides is 1. The third-order valence-electron chi connectivity index (χ3n) is 3.02. The van der Waals surface area contributed by atoms with Gasteiger partial charge in [0.25, 0.3) is 0 Å². The van der Waals surface area contributed by atoms with Crippen molar-refractivity contribution in [1.29, 1.82) is 0 Å². The molecular weight excluding hydrogens is 464 g/mol. The van der Waals surface area contributed by atoms with E-state index in [0.717, 1.165) is 31.6 Å². The van der Waals surface area contributed by atoms with Crippen molar-refractivity contribution >= 4 is 47.8 Å². The van der Waals surface area contributed by atoms with Gasteiger partial charge in [0.05, 0.1) is 23.0 Å². The van der Waals surface area contributed by atoms with E-state index in [9.17, 15) is 0 Å². The summed E-state index contributed by atoms with van der Waals surface area (Å²) in [5.41, 5.74) is 2.21. The summed E-state index contributed by atoms with van der Waals surface area (Å²) in [4.78, 5) is 0.0486. The number of benzene rings is 2. The molecule has 0 amide bonds. The number of rotatable bonds is 5. The van der Waals surface area contributed by atoms with Crippen molar-refractivity contribution in [2.75, 3.05) is 13.7 Å². The molecular formula is C16H15Br3O2. The number of hydrogen-bond acceptors (Lipinski definition) is 2. The van der Waals surface area contributed by atoms with Gasteiger partial charge in [0.2, 0.25) is 0 Å². The summed E-state index contributed by atoms with van der Waals surface area (Å²) in [6.45, 7) is 2.62. The van der Waals surface area contributed by atoms with Crippen LogP contribution in [0.2, 0.25) is 0 Å². The van der Waals surface area contributed by atoms with Crippen LogP contribution in [0.1, 0.15) is 22.9 Å². The lowest BCUT2D eigenvalue weighted by molar-refractivity contribution is 0.338. The van der Waals surface area contributed by atoms with Gasteiger partial charge in [-0.25, -0.2) is 0 Å². The van der Waals surface area contributed by atoms with Gasteiger partial charge in [-0.2, -0.15) is 0 Å². The van der Waals surface area contributed by atoms with Gasteiger partial charge in [-0.1, -0.05) is 44.0 Å². The minimum Gasteiger partial charge on any atom is -0.496 e. The highest BCUT2D eigenvalue weighted by molar-refractivity contribution is 9.11. The zero-order valence-electron chi connectivity index (χ0n) is 11.7. The average molecular weight is 479 g/mol. The molecule has 2 aromatic rings. The van der Waals surface area contributed by atoms with E-state index >= 15 is 0 Å². The first kappa shape index (κ1) is 16.8. The maximum absolute atomic E-state index is 5.54. The molecule has 0 N–H and O–H groups in total. The van der Waals surface area contributed by atoms with Crippen LogP contribution in [-0.4, -0.2) is 13.7 Å². The van der Waals surface area contributed by atoms with Crippen LogP contribution < -0.4 is 9.47 Å². The summed E-state index contributed by atoms with van der Waals surface area (Å²) in [5.74, 6) is 1.69. The van der Waals surface area contributed by atoms with Crippen LogP contribution in [0.25, 0.3) is 0 Å². The Hall–Kier alpha value is -0.520. The molecule has 0 fully saturated rings. The van der Waals surface area contributed by atoms with Crippen molar-refractivity contribution in [3.8, 4) is 11.5 Å². The van der Waals surface area contributed by atoms with Gasteiger partial charge < -0.3 is 9.47 Å². The Kier molecular flexibility index (Phi) is 6.14. The Balaban J connectivity index is 2.36. The summed E-state index contributed by atoms with van der Waals surface area (Å²) in [7, 11) is 1.68. The Labute approximate surface area is 150 Å². The lowest BCUT2D eigenvalue weighted by Crippen LogP contribution is -1.98. The van der Waals surface area contributed by atoms with E-state index in [0.29, 0.717) is 6.61 Å².